The van der Waals surface area contributed by atoms with Crippen LogP contribution in [0.4, 0.5) is 0 Å². The largest absolute Gasteiger partial charge is 0.463 e. The van der Waals surface area contributed by atoms with Crippen molar-refractivity contribution in [2.75, 3.05) is 47.5 Å². The zero-order valence-corrected chi connectivity index (χ0v) is 12.1. The Morgan fingerprint density at radius 2 is 2.25 bits per heavy atom. The molecule has 0 aromatic carbocycles. The molecule has 0 unspecified atom stereocenters. The number of carbonyl (C=O) groups is 1. The van der Waals surface area contributed by atoms with Gasteiger partial charge in [0.2, 0.25) is 0 Å². The molecule has 0 aliphatic heterocycles. The molecule has 112 valence electrons. The van der Waals surface area contributed by atoms with Crippen molar-refractivity contribution >= 4 is 11.9 Å². The van der Waals surface area contributed by atoms with Crippen molar-refractivity contribution < 1.29 is 18.7 Å². The summed E-state index contributed by atoms with van der Waals surface area (Å²) in [5.74, 6) is -0.184. The van der Waals surface area contributed by atoms with E-state index >= 15 is 0 Å². The Morgan fingerprint density at radius 3 is 2.85 bits per heavy atom. The number of amides is 1. The van der Waals surface area contributed by atoms with Crippen LogP contribution in [0.25, 0.3) is 0 Å². The summed E-state index contributed by atoms with van der Waals surface area (Å²) in [7, 11) is 5.47. The van der Waals surface area contributed by atoms with Gasteiger partial charge in [-0.05, 0) is 26.2 Å². The SMILES string of the molecule is COCCOC(=NCCN(C)C)NC(=O)c1ccco1. The van der Waals surface area contributed by atoms with Crippen LogP contribution in [0.2, 0.25) is 0 Å². The van der Waals surface area contributed by atoms with Crippen LogP contribution in [-0.4, -0.2) is 64.3 Å². The van der Waals surface area contributed by atoms with Crippen LogP contribution < -0.4 is 5.32 Å². The monoisotopic (exact) mass is 283 g/mol. The summed E-state index contributed by atoms with van der Waals surface area (Å²) in [6.45, 7) is 2.01. The average molecular weight is 283 g/mol. The lowest BCUT2D eigenvalue weighted by molar-refractivity contribution is 0.0927. The number of aliphatic imine (C=N–C) groups is 1. The molecule has 0 radical (unpaired) electrons. The molecule has 0 fully saturated rings. The second kappa shape index (κ2) is 9.11. The van der Waals surface area contributed by atoms with E-state index in [4.69, 9.17) is 13.9 Å². The Bertz CT molecular complexity index is 415. The molecule has 1 aromatic rings. The van der Waals surface area contributed by atoms with E-state index in [1.165, 1.54) is 6.26 Å². The third kappa shape index (κ3) is 6.35. The van der Waals surface area contributed by atoms with Crippen molar-refractivity contribution in [2.24, 2.45) is 4.99 Å². The molecule has 1 N–H and O–H groups in total. The fourth-order valence-corrected chi connectivity index (χ4v) is 1.26. The third-order valence-corrected chi connectivity index (χ3v) is 2.29. The van der Waals surface area contributed by atoms with E-state index in [-0.39, 0.29) is 11.8 Å². The molecule has 0 saturated heterocycles. The molecular weight excluding hydrogens is 262 g/mol. The number of hydrogen-bond donors (Lipinski definition) is 1. The van der Waals surface area contributed by atoms with Crippen LogP contribution in [-0.2, 0) is 9.47 Å². The van der Waals surface area contributed by atoms with E-state index in [2.05, 4.69) is 10.3 Å². The quantitative estimate of drug-likeness (QED) is 0.450. The number of amidine groups is 1. The molecule has 0 bridgehead atoms. The highest BCUT2D eigenvalue weighted by Gasteiger charge is 2.12. The molecule has 1 aromatic heterocycles. The summed E-state index contributed by atoms with van der Waals surface area (Å²) in [6, 6.07) is 3.39. The number of rotatable bonds is 7. The molecule has 1 rings (SSSR count). The molecule has 20 heavy (non-hydrogen) atoms. The van der Waals surface area contributed by atoms with Crippen LogP contribution >= 0.6 is 0 Å². The van der Waals surface area contributed by atoms with Crippen molar-refractivity contribution in [3.63, 3.8) is 0 Å². The molecule has 7 heteroatoms. The minimum Gasteiger partial charge on any atom is -0.463 e. The van der Waals surface area contributed by atoms with E-state index in [1.807, 2.05) is 19.0 Å². The molecule has 0 aliphatic carbocycles. The Balaban J connectivity index is 2.54. The summed E-state index contributed by atoms with van der Waals surface area (Å²) >= 11 is 0. The average Bonchev–Trinajstić information content (AvgIpc) is 2.92. The maximum absolute atomic E-state index is 11.8. The molecule has 0 atom stereocenters. The summed E-state index contributed by atoms with van der Waals surface area (Å²) in [4.78, 5) is 18.0. The van der Waals surface area contributed by atoms with Crippen LogP contribution in [0.1, 0.15) is 10.6 Å². The van der Waals surface area contributed by atoms with E-state index in [0.717, 1.165) is 6.54 Å². The topological polar surface area (TPSA) is 76.3 Å². The molecular formula is C13H21N3O4. The molecule has 7 nitrogen and oxygen atoms in total. The summed E-state index contributed by atoms with van der Waals surface area (Å²) in [5, 5.41) is 2.57. The highest BCUT2D eigenvalue weighted by molar-refractivity contribution is 6.02. The minimum atomic E-state index is -0.393. The lowest BCUT2D eigenvalue weighted by atomic mass is 10.4. The lowest BCUT2D eigenvalue weighted by Crippen LogP contribution is -2.33. The Kier molecular flexibility index (Phi) is 7.38. The van der Waals surface area contributed by atoms with Gasteiger partial charge in [0.15, 0.2) is 5.76 Å². The third-order valence-electron chi connectivity index (χ3n) is 2.29. The molecule has 0 spiro atoms. The lowest BCUT2D eigenvalue weighted by Gasteiger charge is -2.11. The fourth-order valence-electron chi connectivity index (χ4n) is 1.26. The normalized spacial score (nSPS) is 11.7. The predicted molar refractivity (Wildman–Crippen MR) is 74.9 cm³/mol. The van der Waals surface area contributed by atoms with Crippen molar-refractivity contribution in [3.8, 4) is 0 Å². The van der Waals surface area contributed by atoms with Crippen molar-refractivity contribution in [1.82, 2.24) is 10.2 Å². The zero-order valence-electron chi connectivity index (χ0n) is 12.1. The molecule has 0 saturated carbocycles. The standard InChI is InChI=1S/C13H21N3O4/c1-16(2)7-6-14-13(20-10-9-18-3)15-12(17)11-5-4-8-19-11/h4-5,8H,6-7,9-10H2,1-3H3,(H,14,15,17). The zero-order chi connectivity index (χ0) is 14.8. The van der Waals surface area contributed by atoms with Crippen LogP contribution in [0, 0.1) is 0 Å². The summed E-state index contributed by atoms with van der Waals surface area (Å²) < 4.78 is 15.3. The summed E-state index contributed by atoms with van der Waals surface area (Å²) in [6.07, 6.45) is 1.43. The molecule has 0 aliphatic rings. The first-order valence-corrected chi connectivity index (χ1v) is 6.29. The van der Waals surface area contributed by atoms with E-state index in [0.29, 0.717) is 19.8 Å². The number of nitrogens with zero attached hydrogens (tertiary/aromatic N) is 2. The number of carbonyl (C=O) groups excluding carboxylic acids is 1. The predicted octanol–water partition coefficient (Wildman–Crippen LogP) is 0.590. The summed E-state index contributed by atoms with van der Waals surface area (Å²) in [5.41, 5.74) is 0. The van der Waals surface area contributed by atoms with Gasteiger partial charge in [-0.1, -0.05) is 0 Å². The molecule has 1 heterocycles. The fraction of sp³-hybridized carbons (Fsp3) is 0.538. The van der Waals surface area contributed by atoms with Gasteiger partial charge in [-0.25, -0.2) is 4.99 Å². The first-order chi connectivity index (χ1) is 9.63. The van der Waals surface area contributed by atoms with Crippen molar-refractivity contribution in [2.45, 2.75) is 0 Å². The van der Waals surface area contributed by atoms with E-state index < -0.39 is 5.91 Å². The van der Waals surface area contributed by atoms with Gasteiger partial charge in [-0.2, -0.15) is 0 Å². The number of hydrogen-bond acceptors (Lipinski definition) is 6. The van der Waals surface area contributed by atoms with Gasteiger partial charge in [0, 0.05) is 13.7 Å². The highest BCUT2D eigenvalue weighted by Crippen LogP contribution is 1.99. The Morgan fingerprint density at radius 1 is 1.45 bits per heavy atom. The highest BCUT2D eigenvalue weighted by atomic mass is 16.5. The van der Waals surface area contributed by atoms with E-state index in [9.17, 15) is 4.79 Å². The number of furan rings is 1. The Hall–Kier alpha value is -1.86. The number of ether oxygens (including phenoxy) is 2. The van der Waals surface area contributed by atoms with Gasteiger partial charge in [-0.15, -0.1) is 0 Å². The van der Waals surface area contributed by atoms with Gasteiger partial charge < -0.3 is 18.8 Å². The van der Waals surface area contributed by atoms with Gasteiger partial charge in [0.1, 0.15) is 6.61 Å². The number of nitrogens with one attached hydrogen (secondary N) is 1. The minimum absolute atomic E-state index is 0.172. The van der Waals surface area contributed by atoms with E-state index in [1.54, 1.807) is 19.2 Å². The van der Waals surface area contributed by atoms with Crippen LogP contribution in [0.15, 0.2) is 27.8 Å². The second-order valence-corrected chi connectivity index (χ2v) is 4.26. The van der Waals surface area contributed by atoms with Crippen molar-refractivity contribution in [1.29, 1.82) is 0 Å². The smallest absolute Gasteiger partial charge is 0.294 e. The first-order valence-electron chi connectivity index (χ1n) is 6.29. The van der Waals surface area contributed by atoms with Crippen LogP contribution in [0.3, 0.4) is 0 Å². The number of methoxy groups -OCH3 is 1. The maximum Gasteiger partial charge on any atom is 0.294 e. The second-order valence-electron chi connectivity index (χ2n) is 4.26. The van der Waals surface area contributed by atoms with Gasteiger partial charge >= 0.3 is 0 Å². The van der Waals surface area contributed by atoms with Crippen LogP contribution in [0.5, 0.6) is 0 Å². The van der Waals surface area contributed by atoms with Gasteiger partial charge in [0.25, 0.3) is 11.9 Å². The Labute approximate surface area is 118 Å². The number of likely N-dealkylation sites (N-methyl/N-ethyl adjacent to an activating group) is 1. The first kappa shape index (κ1) is 16.2. The molecule has 1 amide bonds. The maximum atomic E-state index is 11.8. The van der Waals surface area contributed by atoms with Gasteiger partial charge in [-0.3, -0.25) is 10.1 Å². The van der Waals surface area contributed by atoms with Crippen molar-refractivity contribution in [3.05, 3.63) is 24.2 Å². The van der Waals surface area contributed by atoms with Gasteiger partial charge in [0.05, 0.1) is 19.4 Å².